The minimum absolute atomic E-state index is 0.116. The predicted molar refractivity (Wildman–Crippen MR) is 98.5 cm³/mol. The van der Waals surface area contributed by atoms with Crippen LogP contribution in [0.3, 0.4) is 0 Å². The summed E-state index contributed by atoms with van der Waals surface area (Å²) in [7, 11) is 1.63. The lowest BCUT2D eigenvalue weighted by atomic mass is 9.76. The Hall–Kier alpha value is -1.59. The molecular weight excluding hydrogens is 330 g/mol. The molecule has 2 saturated heterocycles. The lowest BCUT2D eigenvalue weighted by molar-refractivity contribution is 0.00938. The number of benzene rings is 1. The number of nitrogens with zero attached hydrogens (tertiary/aromatic N) is 1. The fourth-order valence-electron chi connectivity index (χ4n) is 4.10. The van der Waals surface area contributed by atoms with E-state index in [0.29, 0.717) is 0 Å². The summed E-state index contributed by atoms with van der Waals surface area (Å²) in [6, 6.07) is 7.38. The first-order valence-electron chi connectivity index (χ1n) is 9.80. The van der Waals surface area contributed by atoms with E-state index in [9.17, 15) is 4.79 Å². The Balaban J connectivity index is 1.26. The number of rotatable bonds is 6. The van der Waals surface area contributed by atoms with E-state index >= 15 is 0 Å². The molecule has 3 aliphatic rings. The first kappa shape index (κ1) is 17.8. The number of carbonyl (C=O) groups is 1. The van der Waals surface area contributed by atoms with E-state index in [1.54, 1.807) is 7.11 Å². The zero-order valence-electron chi connectivity index (χ0n) is 15.6. The highest BCUT2D eigenvalue weighted by Gasteiger charge is 2.43. The van der Waals surface area contributed by atoms with Gasteiger partial charge in [-0.3, -0.25) is 4.79 Å². The summed E-state index contributed by atoms with van der Waals surface area (Å²) >= 11 is 0. The highest BCUT2D eigenvalue weighted by molar-refractivity contribution is 5.94. The summed E-state index contributed by atoms with van der Waals surface area (Å²) < 4.78 is 17.0. The van der Waals surface area contributed by atoms with Gasteiger partial charge in [0.2, 0.25) is 0 Å². The summed E-state index contributed by atoms with van der Waals surface area (Å²) in [5, 5.41) is 0. The molecule has 1 aliphatic carbocycles. The van der Waals surface area contributed by atoms with Crippen molar-refractivity contribution in [2.75, 3.05) is 40.0 Å². The average Bonchev–Trinajstić information content (AvgIpc) is 3.43. The Labute approximate surface area is 155 Å². The van der Waals surface area contributed by atoms with E-state index < -0.39 is 0 Å². The summed E-state index contributed by atoms with van der Waals surface area (Å²) in [6.07, 6.45) is 6.00. The topological polar surface area (TPSA) is 48.0 Å². The second-order valence-corrected chi connectivity index (χ2v) is 8.14. The highest BCUT2D eigenvalue weighted by Crippen LogP contribution is 2.42. The van der Waals surface area contributed by atoms with Crippen LogP contribution in [0.15, 0.2) is 24.3 Å². The Morgan fingerprint density at radius 2 is 1.92 bits per heavy atom. The number of hydrogen-bond acceptors (Lipinski definition) is 4. The molecule has 5 heteroatoms. The van der Waals surface area contributed by atoms with Crippen molar-refractivity contribution >= 4 is 5.91 Å². The minimum Gasteiger partial charge on any atom is -0.497 e. The SMILES string of the molecule is COc1ccc(C(=O)N2CCC3(CC2)CO[C@@H](COCC2CC2)C3)cc1. The van der Waals surface area contributed by atoms with Crippen molar-refractivity contribution in [2.24, 2.45) is 11.3 Å². The van der Waals surface area contributed by atoms with Crippen molar-refractivity contribution in [3.8, 4) is 5.75 Å². The van der Waals surface area contributed by atoms with Crippen LogP contribution in [0.25, 0.3) is 0 Å². The zero-order valence-corrected chi connectivity index (χ0v) is 15.6. The van der Waals surface area contributed by atoms with Crippen LogP contribution in [0, 0.1) is 11.3 Å². The van der Waals surface area contributed by atoms with Crippen LogP contribution in [-0.4, -0.2) is 56.9 Å². The van der Waals surface area contributed by atoms with Gasteiger partial charge in [-0.05, 0) is 67.7 Å². The number of methoxy groups -OCH3 is 1. The monoisotopic (exact) mass is 359 g/mol. The van der Waals surface area contributed by atoms with Crippen molar-refractivity contribution in [3.05, 3.63) is 29.8 Å². The van der Waals surface area contributed by atoms with Gasteiger partial charge in [-0.25, -0.2) is 0 Å². The van der Waals surface area contributed by atoms with Gasteiger partial charge in [-0.1, -0.05) is 0 Å². The van der Waals surface area contributed by atoms with E-state index in [-0.39, 0.29) is 17.4 Å². The predicted octanol–water partition coefficient (Wildman–Crippen LogP) is 3.13. The van der Waals surface area contributed by atoms with E-state index in [0.717, 1.165) is 69.4 Å². The van der Waals surface area contributed by atoms with Gasteiger partial charge in [0.25, 0.3) is 5.91 Å². The second-order valence-electron chi connectivity index (χ2n) is 8.14. The van der Waals surface area contributed by atoms with Crippen LogP contribution < -0.4 is 4.74 Å². The Kier molecular flexibility index (Phi) is 5.18. The number of amides is 1. The molecule has 4 rings (SSSR count). The Morgan fingerprint density at radius 3 is 2.58 bits per heavy atom. The van der Waals surface area contributed by atoms with E-state index in [2.05, 4.69) is 0 Å². The highest BCUT2D eigenvalue weighted by atomic mass is 16.5. The van der Waals surface area contributed by atoms with E-state index in [4.69, 9.17) is 14.2 Å². The molecule has 1 saturated carbocycles. The molecule has 0 N–H and O–H groups in total. The lowest BCUT2D eigenvalue weighted by Gasteiger charge is -2.38. The molecule has 0 unspecified atom stereocenters. The van der Waals surface area contributed by atoms with Gasteiger partial charge >= 0.3 is 0 Å². The maximum Gasteiger partial charge on any atom is 0.253 e. The van der Waals surface area contributed by atoms with Crippen LogP contribution in [0.2, 0.25) is 0 Å². The maximum atomic E-state index is 12.7. The van der Waals surface area contributed by atoms with Gasteiger partial charge in [-0.2, -0.15) is 0 Å². The second kappa shape index (κ2) is 7.57. The molecule has 0 bridgehead atoms. The molecule has 1 amide bonds. The molecule has 0 radical (unpaired) electrons. The molecule has 0 aromatic heterocycles. The molecular formula is C21H29NO4. The van der Waals surface area contributed by atoms with Gasteiger partial charge in [0.1, 0.15) is 5.75 Å². The fourth-order valence-corrected chi connectivity index (χ4v) is 4.10. The number of piperidine rings is 1. The molecule has 1 aromatic carbocycles. The van der Waals surface area contributed by atoms with Crippen molar-refractivity contribution < 1.29 is 19.0 Å². The van der Waals surface area contributed by atoms with Crippen molar-refractivity contribution in [1.29, 1.82) is 0 Å². The van der Waals surface area contributed by atoms with Gasteiger partial charge < -0.3 is 19.1 Å². The molecule has 142 valence electrons. The van der Waals surface area contributed by atoms with Gasteiger partial charge in [0.05, 0.1) is 26.4 Å². The first-order valence-corrected chi connectivity index (χ1v) is 9.80. The average molecular weight is 359 g/mol. The Morgan fingerprint density at radius 1 is 1.19 bits per heavy atom. The first-order chi connectivity index (χ1) is 12.7. The Bertz CT molecular complexity index is 617. The molecule has 26 heavy (non-hydrogen) atoms. The molecule has 2 heterocycles. The molecule has 3 fully saturated rings. The standard InChI is InChI=1S/C21H29NO4/c1-24-18-6-4-17(5-7-18)20(23)22-10-8-21(9-11-22)12-19(26-15-21)14-25-13-16-2-3-16/h4-7,16,19H,2-3,8-15H2,1H3/t19-/m1/s1. The van der Waals surface area contributed by atoms with E-state index in [1.165, 1.54) is 12.8 Å². The molecule has 1 spiro atoms. The normalized spacial score (nSPS) is 24.8. The third-order valence-electron chi connectivity index (χ3n) is 6.09. The maximum absolute atomic E-state index is 12.7. The van der Waals surface area contributed by atoms with Gasteiger partial charge in [-0.15, -0.1) is 0 Å². The van der Waals surface area contributed by atoms with Crippen molar-refractivity contribution in [2.45, 2.75) is 38.2 Å². The van der Waals surface area contributed by atoms with Gasteiger partial charge in [0.15, 0.2) is 0 Å². The number of ether oxygens (including phenoxy) is 3. The molecule has 1 atom stereocenters. The van der Waals surface area contributed by atoms with Crippen LogP contribution >= 0.6 is 0 Å². The van der Waals surface area contributed by atoms with Gasteiger partial charge in [0, 0.05) is 25.3 Å². The smallest absolute Gasteiger partial charge is 0.253 e. The van der Waals surface area contributed by atoms with Crippen molar-refractivity contribution in [1.82, 2.24) is 4.90 Å². The summed E-state index contributed by atoms with van der Waals surface area (Å²) in [4.78, 5) is 14.7. The van der Waals surface area contributed by atoms with Crippen LogP contribution in [0.4, 0.5) is 0 Å². The molecule has 2 aliphatic heterocycles. The van der Waals surface area contributed by atoms with Crippen LogP contribution in [0.1, 0.15) is 42.5 Å². The molecule has 5 nitrogen and oxygen atoms in total. The third kappa shape index (κ3) is 4.04. The third-order valence-corrected chi connectivity index (χ3v) is 6.09. The largest absolute Gasteiger partial charge is 0.497 e. The van der Waals surface area contributed by atoms with Crippen LogP contribution in [0.5, 0.6) is 5.75 Å². The quantitative estimate of drug-likeness (QED) is 0.783. The summed E-state index contributed by atoms with van der Waals surface area (Å²) in [5.74, 6) is 1.69. The number of hydrogen-bond donors (Lipinski definition) is 0. The summed E-state index contributed by atoms with van der Waals surface area (Å²) in [5.41, 5.74) is 0.973. The number of carbonyl (C=O) groups excluding carboxylic acids is 1. The van der Waals surface area contributed by atoms with E-state index in [1.807, 2.05) is 29.2 Å². The molecule has 1 aromatic rings. The summed E-state index contributed by atoms with van der Waals surface area (Å²) in [6.45, 7) is 4.06. The zero-order chi connectivity index (χ0) is 18.0. The van der Waals surface area contributed by atoms with Crippen molar-refractivity contribution in [3.63, 3.8) is 0 Å². The number of likely N-dealkylation sites (tertiary alicyclic amines) is 1. The fraction of sp³-hybridized carbons (Fsp3) is 0.667. The van der Waals surface area contributed by atoms with Crippen LogP contribution in [-0.2, 0) is 9.47 Å². The minimum atomic E-state index is 0.116. The lowest BCUT2D eigenvalue weighted by Crippen LogP contribution is -2.43.